The number of hydrogen-bond donors (Lipinski definition) is 2. The molecule has 2 N–H and O–H groups in total. The van der Waals surface area contributed by atoms with Crippen LogP contribution in [0.1, 0.15) is 27.2 Å². The molecule has 7 heteroatoms. The van der Waals surface area contributed by atoms with E-state index in [1.54, 1.807) is 7.05 Å². The molecule has 0 amide bonds. The molecule has 0 unspecified atom stereocenters. The van der Waals surface area contributed by atoms with E-state index in [0.717, 1.165) is 6.54 Å². The highest BCUT2D eigenvalue weighted by Crippen LogP contribution is 2.15. The van der Waals surface area contributed by atoms with E-state index in [0.29, 0.717) is 30.9 Å². The number of aromatic nitrogens is 3. The summed E-state index contributed by atoms with van der Waals surface area (Å²) < 4.78 is 5.52. The van der Waals surface area contributed by atoms with Crippen LogP contribution in [0.4, 0.5) is 11.9 Å². The number of ether oxygens (including phenoxy) is 1. The van der Waals surface area contributed by atoms with Crippen molar-refractivity contribution >= 4 is 11.9 Å². The Balaban J connectivity index is 2.96. The SMILES string of the molecule is CCN(CCCO)c1nc(NC)nc(OC(C)C)n1. The molecule has 0 saturated heterocycles. The van der Waals surface area contributed by atoms with Gasteiger partial charge in [-0.3, -0.25) is 0 Å². The molecule has 0 aromatic carbocycles. The van der Waals surface area contributed by atoms with Gasteiger partial charge in [0.25, 0.3) is 0 Å². The third kappa shape index (κ3) is 4.86. The van der Waals surface area contributed by atoms with Gasteiger partial charge in [0.2, 0.25) is 11.9 Å². The molecule has 1 rings (SSSR count). The Morgan fingerprint density at radius 1 is 1.32 bits per heavy atom. The van der Waals surface area contributed by atoms with Crippen LogP contribution in [0.25, 0.3) is 0 Å². The Kier molecular flexibility index (Phi) is 6.27. The third-order valence-corrected chi connectivity index (χ3v) is 2.42. The number of nitrogens with one attached hydrogen (secondary N) is 1. The summed E-state index contributed by atoms with van der Waals surface area (Å²) in [4.78, 5) is 14.8. The van der Waals surface area contributed by atoms with Gasteiger partial charge in [0.1, 0.15) is 0 Å². The number of nitrogens with zero attached hydrogens (tertiary/aromatic N) is 4. The monoisotopic (exact) mass is 269 g/mol. The fourth-order valence-electron chi connectivity index (χ4n) is 1.52. The lowest BCUT2D eigenvalue weighted by Crippen LogP contribution is -2.27. The lowest BCUT2D eigenvalue weighted by atomic mass is 10.4. The molecular weight excluding hydrogens is 246 g/mol. The number of aliphatic hydroxyl groups excluding tert-OH is 1. The second kappa shape index (κ2) is 7.73. The van der Waals surface area contributed by atoms with Crippen LogP contribution in [0.5, 0.6) is 6.01 Å². The average molecular weight is 269 g/mol. The summed E-state index contributed by atoms with van der Waals surface area (Å²) >= 11 is 0. The van der Waals surface area contributed by atoms with Crippen molar-refractivity contribution in [2.45, 2.75) is 33.3 Å². The fraction of sp³-hybridized carbons (Fsp3) is 0.750. The van der Waals surface area contributed by atoms with E-state index >= 15 is 0 Å². The standard InChI is InChI=1S/C12H23N5O2/c1-5-17(7-6-8-18)11-14-10(13-4)15-12(16-11)19-9(2)3/h9,18H,5-8H2,1-4H3,(H,13,14,15,16). The molecule has 0 radical (unpaired) electrons. The maximum Gasteiger partial charge on any atom is 0.323 e. The van der Waals surface area contributed by atoms with Gasteiger partial charge in [0.05, 0.1) is 6.10 Å². The second-order valence-corrected chi connectivity index (χ2v) is 4.32. The van der Waals surface area contributed by atoms with E-state index in [2.05, 4.69) is 20.3 Å². The maximum absolute atomic E-state index is 8.92. The zero-order valence-electron chi connectivity index (χ0n) is 12.1. The smallest absolute Gasteiger partial charge is 0.323 e. The molecule has 19 heavy (non-hydrogen) atoms. The molecule has 0 aliphatic carbocycles. The Labute approximate surface area is 114 Å². The Bertz CT molecular complexity index is 386. The zero-order valence-corrected chi connectivity index (χ0v) is 12.1. The van der Waals surface area contributed by atoms with Crippen LogP contribution in [0.2, 0.25) is 0 Å². The Morgan fingerprint density at radius 3 is 2.58 bits per heavy atom. The molecule has 0 bridgehead atoms. The van der Waals surface area contributed by atoms with Gasteiger partial charge in [-0.05, 0) is 27.2 Å². The predicted molar refractivity (Wildman–Crippen MR) is 74.7 cm³/mol. The summed E-state index contributed by atoms with van der Waals surface area (Å²) in [5, 5.41) is 11.8. The fourth-order valence-corrected chi connectivity index (χ4v) is 1.52. The summed E-state index contributed by atoms with van der Waals surface area (Å²) in [5.74, 6) is 1.04. The first-order valence-electron chi connectivity index (χ1n) is 6.57. The van der Waals surface area contributed by atoms with Gasteiger partial charge in [-0.2, -0.15) is 15.0 Å². The summed E-state index contributed by atoms with van der Waals surface area (Å²) in [6, 6.07) is 0.312. The highest BCUT2D eigenvalue weighted by Gasteiger charge is 2.13. The molecule has 1 aromatic rings. The molecule has 1 aromatic heterocycles. The van der Waals surface area contributed by atoms with Crippen molar-refractivity contribution in [2.24, 2.45) is 0 Å². The summed E-state index contributed by atoms with van der Waals surface area (Å²) in [5.41, 5.74) is 0. The molecule has 0 atom stereocenters. The maximum atomic E-state index is 8.92. The minimum absolute atomic E-state index is 0.00692. The van der Waals surface area contributed by atoms with Crippen molar-refractivity contribution < 1.29 is 9.84 Å². The van der Waals surface area contributed by atoms with Gasteiger partial charge in [-0.15, -0.1) is 0 Å². The first-order chi connectivity index (χ1) is 9.10. The highest BCUT2D eigenvalue weighted by atomic mass is 16.5. The quantitative estimate of drug-likeness (QED) is 0.725. The van der Waals surface area contributed by atoms with Crippen molar-refractivity contribution in [3.05, 3.63) is 0 Å². The second-order valence-electron chi connectivity index (χ2n) is 4.32. The van der Waals surface area contributed by atoms with Gasteiger partial charge in [0, 0.05) is 26.7 Å². The predicted octanol–water partition coefficient (Wildman–Crippen LogP) is 0.909. The lowest BCUT2D eigenvalue weighted by molar-refractivity contribution is 0.222. The van der Waals surface area contributed by atoms with Crippen LogP contribution in [0.15, 0.2) is 0 Å². The van der Waals surface area contributed by atoms with Gasteiger partial charge < -0.3 is 20.1 Å². The molecule has 0 spiro atoms. The average Bonchev–Trinajstić information content (AvgIpc) is 2.38. The van der Waals surface area contributed by atoms with E-state index in [-0.39, 0.29) is 12.7 Å². The van der Waals surface area contributed by atoms with Gasteiger partial charge in [-0.25, -0.2) is 0 Å². The molecule has 0 saturated carbocycles. The molecule has 7 nitrogen and oxygen atoms in total. The zero-order chi connectivity index (χ0) is 14.3. The normalized spacial score (nSPS) is 10.6. The van der Waals surface area contributed by atoms with Crippen LogP contribution in [-0.2, 0) is 0 Å². The van der Waals surface area contributed by atoms with E-state index in [4.69, 9.17) is 9.84 Å². The lowest BCUT2D eigenvalue weighted by Gasteiger charge is -2.21. The van der Waals surface area contributed by atoms with Gasteiger partial charge in [0.15, 0.2) is 0 Å². The topological polar surface area (TPSA) is 83.4 Å². The van der Waals surface area contributed by atoms with E-state index in [9.17, 15) is 0 Å². The van der Waals surface area contributed by atoms with Crippen LogP contribution >= 0.6 is 0 Å². The van der Waals surface area contributed by atoms with E-state index in [1.165, 1.54) is 0 Å². The highest BCUT2D eigenvalue weighted by molar-refractivity contribution is 5.37. The first kappa shape index (κ1) is 15.4. The van der Waals surface area contributed by atoms with Crippen LogP contribution in [0.3, 0.4) is 0 Å². The van der Waals surface area contributed by atoms with E-state index in [1.807, 2.05) is 25.7 Å². The summed E-state index contributed by atoms with van der Waals surface area (Å²) in [6.07, 6.45) is 0.682. The summed E-state index contributed by atoms with van der Waals surface area (Å²) in [6.45, 7) is 7.46. The van der Waals surface area contributed by atoms with Crippen LogP contribution < -0.4 is 15.0 Å². The minimum atomic E-state index is 0.00692. The third-order valence-electron chi connectivity index (χ3n) is 2.42. The van der Waals surface area contributed by atoms with Gasteiger partial charge in [-0.1, -0.05) is 0 Å². The van der Waals surface area contributed by atoms with E-state index < -0.39 is 0 Å². The van der Waals surface area contributed by atoms with Crippen molar-refractivity contribution in [1.82, 2.24) is 15.0 Å². The molecular formula is C12H23N5O2. The number of rotatable bonds is 8. The minimum Gasteiger partial charge on any atom is -0.461 e. The first-order valence-corrected chi connectivity index (χ1v) is 6.57. The number of hydrogen-bond acceptors (Lipinski definition) is 7. The molecule has 108 valence electrons. The van der Waals surface area contributed by atoms with Crippen molar-refractivity contribution in [3.63, 3.8) is 0 Å². The molecule has 0 fully saturated rings. The van der Waals surface area contributed by atoms with Crippen molar-refractivity contribution in [3.8, 4) is 6.01 Å². The van der Waals surface area contributed by atoms with Crippen LogP contribution in [-0.4, -0.2) is 52.9 Å². The van der Waals surface area contributed by atoms with Gasteiger partial charge >= 0.3 is 6.01 Å². The van der Waals surface area contributed by atoms with Crippen molar-refractivity contribution in [1.29, 1.82) is 0 Å². The Morgan fingerprint density at radius 2 is 2.05 bits per heavy atom. The van der Waals surface area contributed by atoms with Crippen molar-refractivity contribution in [2.75, 3.05) is 37.0 Å². The number of aliphatic hydroxyl groups is 1. The Hall–Kier alpha value is -1.63. The molecule has 1 heterocycles. The molecule has 0 aliphatic heterocycles. The van der Waals surface area contributed by atoms with Crippen LogP contribution in [0, 0.1) is 0 Å². The summed E-state index contributed by atoms with van der Waals surface area (Å²) in [7, 11) is 1.75. The largest absolute Gasteiger partial charge is 0.461 e. The number of anilines is 2. The molecule has 0 aliphatic rings.